The van der Waals surface area contributed by atoms with Crippen LogP contribution in [0.1, 0.15) is 5.82 Å². The Morgan fingerprint density at radius 1 is 1.29 bits per heavy atom. The summed E-state index contributed by atoms with van der Waals surface area (Å²) in [4.78, 5) is 16.4. The highest BCUT2D eigenvalue weighted by atomic mass is 32.2. The number of amides is 1. The largest absolute Gasteiger partial charge is 0.497 e. The highest BCUT2D eigenvalue weighted by Gasteiger charge is 2.23. The van der Waals surface area contributed by atoms with Crippen LogP contribution in [0.5, 0.6) is 5.75 Å². The smallest absolute Gasteiger partial charge is 0.252 e. The second-order valence-electron chi connectivity index (χ2n) is 5.80. The van der Waals surface area contributed by atoms with Crippen LogP contribution >= 0.6 is 11.3 Å². The Balaban J connectivity index is 1.55. The molecule has 1 aromatic carbocycles. The van der Waals surface area contributed by atoms with Gasteiger partial charge >= 0.3 is 0 Å². The number of aromatic nitrogens is 3. The van der Waals surface area contributed by atoms with E-state index < -0.39 is 15.9 Å². The molecule has 0 fully saturated rings. The fourth-order valence-corrected chi connectivity index (χ4v) is 4.66. The van der Waals surface area contributed by atoms with E-state index in [0.29, 0.717) is 11.6 Å². The van der Waals surface area contributed by atoms with Gasteiger partial charge in [0.2, 0.25) is 5.91 Å². The minimum atomic E-state index is -3.67. The number of aromatic amines is 1. The van der Waals surface area contributed by atoms with E-state index in [0.717, 1.165) is 27.0 Å². The lowest BCUT2D eigenvalue weighted by molar-refractivity contribution is -0.121. The molecule has 0 radical (unpaired) electrons. The third kappa shape index (κ3) is 4.55. The van der Waals surface area contributed by atoms with Gasteiger partial charge in [0.05, 0.1) is 20.2 Å². The number of benzene rings is 1. The van der Waals surface area contributed by atoms with Gasteiger partial charge in [-0.3, -0.25) is 9.89 Å². The molecule has 3 rings (SSSR count). The van der Waals surface area contributed by atoms with Crippen molar-refractivity contribution >= 4 is 27.3 Å². The Hall–Kier alpha value is -2.76. The van der Waals surface area contributed by atoms with Gasteiger partial charge in [0, 0.05) is 12.6 Å². The molecule has 0 aliphatic rings. The SMILES string of the molecule is COc1ccc(-c2n[nH]c(CNC(=O)CN(C)S(=O)(=O)c3cccs3)n2)cc1. The van der Waals surface area contributed by atoms with E-state index >= 15 is 0 Å². The number of methoxy groups -OCH3 is 1. The third-order valence-electron chi connectivity index (χ3n) is 3.86. The molecule has 148 valence electrons. The molecule has 3 aromatic rings. The van der Waals surface area contributed by atoms with E-state index in [1.54, 1.807) is 30.7 Å². The molecule has 0 bridgehead atoms. The Labute approximate surface area is 166 Å². The van der Waals surface area contributed by atoms with Crippen molar-refractivity contribution < 1.29 is 17.9 Å². The predicted molar refractivity (Wildman–Crippen MR) is 104 cm³/mol. The number of ether oxygens (including phenoxy) is 1. The zero-order chi connectivity index (χ0) is 20.1. The molecular formula is C17H19N5O4S2. The minimum absolute atomic E-state index is 0.106. The topological polar surface area (TPSA) is 117 Å². The average Bonchev–Trinajstić information content (AvgIpc) is 3.38. The number of sulfonamides is 1. The van der Waals surface area contributed by atoms with Crippen molar-refractivity contribution in [2.45, 2.75) is 10.8 Å². The van der Waals surface area contributed by atoms with Crippen LogP contribution in [0.15, 0.2) is 46.0 Å². The Morgan fingerprint density at radius 3 is 2.68 bits per heavy atom. The summed E-state index contributed by atoms with van der Waals surface area (Å²) in [5, 5.41) is 11.2. The summed E-state index contributed by atoms with van der Waals surface area (Å²) in [5.41, 5.74) is 0.802. The van der Waals surface area contributed by atoms with Gasteiger partial charge in [-0.05, 0) is 35.7 Å². The summed E-state index contributed by atoms with van der Waals surface area (Å²) < 4.78 is 31.0. The van der Waals surface area contributed by atoms with Crippen molar-refractivity contribution in [1.29, 1.82) is 0 Å². The fraction of sp³-hybridized carbons (Fsp3) is 0.235. The van der Waals surface area contributed by atoms with Crippen molar-refractivity contribution in [3.63, 3.8) is 0 Å². The van der Waals surface area contributed by atoms with Gasteiger partial charge in [0.25, 0.3) is 10.0 Å². The van der Waals surface area contributed by atoms with Crippen LogP contribution in [0, 0.1) is 0 Å². The van der Waals surface area contributed by atoms with E-state index in [2.05, 4.69) is 20.5 Å². The first-order valence-electron chi connectivity index (χ1n) is 8.22. The van der Waals surface area contributed by atoms with Crippen molar-refractivity contribution in [1.82, 2.24) is 24.8 Å². The Bertz CT molecular complexity index is 1030. The maximum absolute atomic E-state index is 12.3. The molecule has 11 heteroatoms. The number of nitrogens with zero attached hydrogens (tertiary/aromatic N) is 3. The van der Waals surface area contributed by atoms with Crippen LogP contribution in [0.4, 0.5) is 0 Å². The van der Waals surface area contributed by atoms with Gasteiger partial charge in [-0.2, -0.15) is 9.40 Å². The van der Waals surface area contributed by atoms with Gasteiger partial charge in [-0.15, -0.1) is 11.3 Å². The number of nitrogens with one attached hydrogen (secondary N) is 2. The van der Waals surface area contributed by atoms with Gasteiger partial charge < -0.3 is 10.1 Å². The molecule has 0 spiro atoms. The number of rotatable bonds is 8. The first-order valence-corrected chi connectivity index (χ1v) is 10.5. The monoisotopic (exact) mass is 421 g/mol. The summed E-state index contributed by atoms with van der Waals surface area (Å²) >= 11 is 1.11. The molecule has 28 heavy (non-hydrogen) atoms. The van der Waals surface area contributed by atoms with Crippen molar-refractivity contribution in [3.8, 4) is 17.1 Å². The quantitative estimate of drug-likeness (QED) is 0.569. The van der Waals surface area contributed by atoms with Crippen molar-refractivity contribution in [3.05, 3.63) is 47.6 Å². The van der Waals surface area contributed by atoms with E-state index in [1.807, 2.05) is 12.1 Å². The number of carbonyl (C=O) groups excluding carboxylic acids is 1. The minimum Gasteiger partial charge on any atom is -0.497 e. The fourth-order valence-electron chi connectivity index (χ4n) is 2.33. The molecule has 9 nitrogen and oxygen atoms in total. The number of H-pyrrole nitrogens is 1. The standard InChI is InChI=1S/C17H19N5O4S2/c1-22(28(24,25)16-4-3-9-27-16)11-15(23)18-10-14-19-17(21-20-14)12-5-7-13(26-2)8-6-12/h3-9H,10-11H2,1-2H3,(H,18,23)(H,19,20,21). The second-order valence-corrected chi connectivity index (χ2v) is 9.02. The first kappa shape index (κ1) is 20.0. The van der Waals surface area contributed by atoms with E-state index in [1.165, 1.54) is 13.1 Å². The molecule has 0 saturated carbocycles. The summed E-state index contributed by atoms with van der Waals surface area (Å²) in [5.74, 6) is 1.24. The summed E-state index contributed by atoms with van der Waals surface area (Å²) in [7, 11) is -0.711. The number of carbonyl (C=O) groups is 1. The molecule has 0 saturated heterocycles. The molecule has 2 aromatic heterocycles. The molecular weight excluding hydrogens is 402 g/mol. The maximum atomic E-state index is 12.3. The van der Waals surface area contributed by atoms with Crippen LogP contribution in [-0.2, 0) is 21.4 Å². The maximum Gasteiger partial charge on any atom is 0.252 e. The van der Waals surface area contributed by atoms with Crippen LogP contribution in [-0.4, -0.2) is 54.5 Å². The summed E-state index contributed by atoms with van der Waals surface area (Å²) in [6, 6.07) is 10.4. The van der Waals surface area contributed by atoms with Crippen LogP contribution in [0.2, 0.25) is 0 Å². The van der Waals surface area contributed by atoms with Gasteiger partial charge in [0.15, 0.2) is 5.82 Å². The average molecular weight is 422 g/mol. The molecule has 0 aliphatic heterocycles. The molecule has 1 amide bonds. The van der Waals surface area contributed by atoms with E-state index in [9.17, 15) is 13.2 Å². The number of thiophene rings is 1. The lowest BCUT2D eigenvalue weighted by Crippen LogP contribution is -2.38. The molecule has 2 heterocycles. The second kappa shape index (κ2) is 8.50. The Morgan fingerprint density at radius 2 is 2.04 bits per heavy atom. The van der Waals surface area contributed by atoms with Crippen LogP contribution < -0.4 is 10.1 Å². The van der Waals surface area contributed by atoms with Gasteiger partial charge in [-0.25, -0.2) is 13.4 Å². The first-order chi connectivity index (χ1) is 13.4. The molecule has 0 unspecified atom stereocenters. The number of hydrogen-bond donors (Lipinski definition) is 2. The van der Waals surface area contributed by atoms with Crippen LogP contribution in [0.25, 0.3) is 11.4 Å². The highest BCUT2D eigenvalue weighted by Crippen LogP contribution is 2.20. The third-order valence-corrected chi connectivity index (χ3v) is 7.04. The van der Waals surface area contributed by atoms with E-state index in [4.69, 9.17) is 4.74 Å². The molecule has 0 aliphatic carbocycles. The summed E-state index contributed by atoms with van der Waals surface area (Å²) in [6.45, 7) is -0.186. The van der Waals surface area contributed by atoms with Crippen molar-refractivity contribution in [2.24, 2.45) is 0 Å². The number of likely N-dealkylation sites (N-methyl/N-ethyl adjacent to an activating group) is 1. The lowest BCUT2D eigenvalue weighted by atomic mass is 10.2. The van der Waals surface area contributed by atoms with Crippen molar-refractivity contribution in [2.75, 3.05) is 20.7 Å². The van der Waals surface area contributed by atoms with E-state index in [-0.39, 0.29) is 17.3 Å². The summed E-state index contributed by atoms with van der Waals surface area (Å²) in [6.07, 6.45) is 0. The lowest BCUT2D eigenvalue weighted by Gasteiger charge is -2.15. The predicted octanol–water partition coefficient (Wildman–Crippen LogP) is 1.48. The van der Waals surface area contributed by atoms with Crippen LogP contribution in [0.3, 0.4) is 0 Å². The zero-order valence-electron chi connectivity index (χ0n) is 15.2. The Kier molecular flexibility index (Phi) is 6.07. The van der Waals surface area contributed by atoms with Gasteiger partial charge in [-0.1, -0.05) is 6.07 Å². The van der Waals surface area contributed by atoms with Gasteiger partial charge in [0.1, 0.15) is 15.8 Å². The molecule has 2 N–H and O–H groups in total. The number of hydrogen-bond acceptors (Lipinski definition) is 7. The zero-order valence-corrected chi connectivity index (χ0v) is 16.9. The highest BCUT2D eigenvalue weighted by molar-refractivity contribution is 7.91. The molecule has 0 atom stereocenters. The normalized spacial score (nSPS) is 11.5.